The van der Waals surface area contributed by atoms with E-state index in [1.54, 1.807) is 0 Å². The Kier molecular flexibility index (Phi) is 4.35. The van der Waals surface area contributed by atoms with Crippen molar-refractivity contribution in [1.82, 2.24) is 0 Å². The third-order valence-corrected chi connectivity index (χ3v) is 3.19. The Morgan fingerprint density at radius 3 is 2.52 bits per heavy atom. The molecule has 23 heavy (non-hydrogen) atoms. The number of ether oxygens (including phenoxy) is 2. The van der Waals surface area contributed by atoms with Crippen molar-refractivity contribution >= 4 is 18.0 Å². The number of carboxylic acids is 1. The van der Waals surface area contributed by atoms with Gasteiger partial charge in [0.25, 0.3) is 0 Å². The number of hydrogen-bond donors (Lipinski definition) is 1. The predicted molar refractivity (Wildman–Crippen MR) is 73.2 cm³/mol. The molecular weight excluding hydrogens is 317 g/mol. The van der Waals surface area contributed by atoms with Gasteiger partial charge in [0.1, 0.15) is 5.75 Å². The van der Waals surface area contributed by atoms with Crippen LogP contribution in [0, 0.1) is 6.92 Å². The topological polar surface area (TPSA) is 72.8 Å². The molecule has 1 aliphatic heterocycles. The fraction of sp³-hybridized carbons (Fsp3) is 0.333. The molecule has 1 aromatic rings. The molecule has 8 heteroatoms. The van der Waals surface area contributed by atoms with Crippen LogP contribution < -0.4 is 4.74 Å². The number of carbonyl (C=O) groups is 2. The first-order valence-corrected chi connectivity index (χ1v) is 6.65. The third-order valence-electron chi connectivity index (χ3n) is 3.19. The van der Waals surface area contributed by atoms with Gasteiger partial charge in [-0.05, 0) is 37.6 Å². The molecule has 1 N–H and O–H groups in total. The molecule has 0 aliphatic carbocycles. The van der Waals surface area contributed by atoms with Crippen LogP contribution >= 0.6 is 0 Å². The second kappa shape index (κ2) is 5.94. The molecule has 0 fully saturated rings. The fourth-order valence-corrected chi connectivity index (χ4v) is 2.24. The fourth-order valence-electron chi connectivity index (χ4n) is 2.24. The summed E-state index contributed by atoms with van der Waals surface area (Å²) >= 11 is 0. The van der Waals surface area contributed by atoms with Crippen LogP contribution in [0.4, 0.5) is 13.2 Å². The lowest BCUT2D eigenvalue weighted by Crippen LogP contribution is -2.41. The number of halogens is 3. The zero-order valence-corrected chi connectivity index (χ0v) is 12.2. The highest BCUT2D eigenvalue weighted by Crippen LogP contribution is 2.39. The van der Waals surface area contributed by atoms with Gasteiger partial charge in [-0.15, -0.1) is 0 Å². The largest absolute Gasteiger partial charge is 0.478 e. The summed E-state index contributed by atoms with van der Waals surface area (Å²) in [6.45, 7) is 2.80. The first kappa shape index (κ1) is 16.9. The molecule has 1 aliphatic rings. The summed E-state index contributed by atoms with van der Waals surface area (Å²) in [5.74, 6) is -2.50. The third kappa shape index (κ3) is 3.30. The van der Waals surface area contributed by atoms with E-state index >= 15 is 0 Å². The summed E-state index contributed by atoms with van der Waals surface area (Å²) in [6.07, 6.45) is -6.30. The van der Waals surface area contributed by atoms with Crippen molar-refractivity contribution in [3.05, 3.63) is 34.4 Å². The number of carbonyl (C=O) groups excluding carboxylic acids is 1. The highest BCUT2D eigenvalue weighted by Gasteiger charge is 2.49. The molecule has 1 unspecified atom stereocenters. The number of esters is 1. The van der Waals surface area contributed by atoms with E-state index in [0.29, 0.717) is 0 Å². The Bertz CT molecular complexity index is 691. The van der Waals surface area contributed by atoms with Crippen LogP contribution in [0.3, 0.4) is 0 Å². The zero-order chi connectivity index (χ0) is 17.4. The average molecular weight is 330 g/mol. The SMILES string of the molecule is CCOC(=O)C1=Cc2cc(C(=O)O)cc(C)c2OC1C(F)(F)F. The van der Waals surface area contributed by atoms with Crippen LogP contribution in [0.1, 0.15) is 28.4 Å². The zero-order valence-electron chi connectivity index (χ0n) is 12.2. The van der Waals surface area contributed by atoms with Crippen LogP contribution in [0.2, 0.25) is 0 Å². The molecule has 0 saturated carbocycles. The number of benzene rings is 1. The second-order valence-corrected chi connectivity index (χ2v) is 4.88. The molecule has 1 atom stereocenters. The summed E-state index contributed by atoms with van der Waals surface area (Å²) in [4.78, 5) is 22.8. The van der Waals surface area contributed by atoms with Crippen LogP contribution in [0.5, 0.6) is 5.75 Å². The molecule has 0 bridgehead atoms. The standard InChI is InChI=1S/C15H13F3O5/c1-3-22-14(21)10-6-8-5-9(13(19)20)4-7(2)11(8)23-12(10)15(16,17)18/h4-6,12H,3H2,1-2H3,(H,19,20). The van der Waals surface area contributed by atoms with Crippen molar-refractivity contribution in [2.75, 3.05) is 6.61 Å². The van der Waals surface area contributed by atoms with Crippen molar-refractivity contribution in [2.24, 2.45) is 0 Å². The number of rotatable bonds is 3. The number of aromatic carboxylic acids is 1. The van der Waals surface area contributed by atoms with Gasteiger partial charge in [-0.3, -0.25) is 0 Å². The number of alkyl halides is 3. The maximum Gasteiger partial charge on any atom is 0.430 e. The Labute approximate surface area is 129 Å². The van der Waals surface area contributed by atoms with E-state index in [2.05, 4.69) is 4.74 Å². The van der Waals surface area contributed by atoms with Crippen molar-refractivity contribution in [1.29, 1.82) is 0 Å². The van der Waals surface area contributed by atoms with Gasteiger partial charge in [-0.1, -0.05) is 0 Å². The maximum absolute atomic E-state index is 13.2. The normalized spacial score (nSPS) is 16.9. The first-order chi connectivity index (χ1) is 10.6. The molecule has 0 saturated heterocycles. The molecule has 124 valence electrons. The minimum Gasteiger partial charge on any atom is -0.478 e. The van der Waals surface area contributed by atoms with Crippen LogP contribution in [0.25, 0.3) is 6.08 Å². The van der Waals surface area contributed by atoms with Gasteiger partial charge in [0.05, 0.1) is 17.7 Å². The van der Waals surface area contributed by atoms with Crippen LogP contribution in [-0.4, -0.2) is 35.9 Å². The monoisotopic (exact) mass is 330 g/mol. The van der Waals surface area contributed by atoms with E-state index in [-0.39, 0.29) is 29.0 Å². The van der Waals surface area contributed by atoms with Gasteiger partial charge >= 0.3 is 18.1 Å². The smallest absolute Gasteiger partial charge is 0.430 e. The molecule has 0 radical (unpaired) electrons. The second-order valence-electron chi connectivity index (χ2n) is 4.88. The number of fused-ring (bicyclic) bond motifs is 1. The first-order valence-electron chi connectivity index (χ1n) is 6.65. The summed E-state index contributed by atoms with van der Waals surface area (Å²) in [6, 6.07) is 2.36. The minimum absolute atomic E-state index is 0.0888. The molecule has 0 aromatic heterocycles. The molecule has 2 rings (SSSR count). The predicted octanol–water partition coefficient (Wildman–Crippen LogP) is 2.96. The van der Waals surface area contributed by atoms with Gasteiger partial charge in [0.2, 0.25) is 6.10 Å². The number of hydrogen-bond acceptors (Lipinski definition) is 4. The van der Waals surface area contributed by atoms with E-state index in [1.165, 1.54) is 19.9 Å². The van der Waals surface area contributed by atoms with Gasteiger partial charge in [-0.25, -0.2) is 9.59 Å². The minimum atomic E-state index is -4.81. The van der Waals surface area contributed by atoms with Gasteiger partial charge < -0.3 is 14.6 Å². The lowest BCUT2D eigenvalue weighted by atomic mass is 9.97. The quantitative estimate of drug-likeness (QED) is 0.863. The molecule has 1 aromatic carbocycles. The van der Waals surface area contributed by atoms with Gasteiger partial charge in [0, 0.05) is 5.56 Å². The van der Waals surface area contributed by atoms with Crippen molar-refractivity contribution in [3.8, 4) is 5.75 Å². The van der Waals surface area contributed by atoms with Crippen LogP contribution in [0.15, 0.2) is 17.7 Å². The van der Waals surface area contributed by atoms with Crippen molar-refractivity contribution < 1.29 is 37.3 Å². The van der Waals surface area contributed by atoms with Crippen molar-refractivity contribution in [2.45, 2.75) is 26.1 Å². The summed E-state index contributed by atoms with van der Waals surface area (Å²) < 4.78 is 49.1. The van der Waals surface area contributed by atoms with Gasteiger partial charge in [-0.2, -0.15) is 13.2 Å². The Morgan fingerprint density at radius 2 is 2.00 bits per heavy atom. The number of aryl methyl sites for hydroxylation is 1. The van der Waals surface area contributed by atoms with E-state index in [0.717, 1.165) is 12.1 Å². The van der Waals surface area contributed by atoms with Crippen molar-refractivity contribution in [3.63, 3.8) is 0 Å². The summed E-state index contributed by atoms with van der Waals surface area (Å²) in [5, 5.41) is 9.02. The average Bonchev–Trinajstić information content (AvgIpc) is 2.45. The maximum atomic E-state index is 13.2. The van der Waals surface area contributed by atoms with Crippen LogP contribution in [-0.2, 0) is 9.53 Å². The Balaban J connectivity index is 2.60. The molecule has 0 spiro atoms. The van der Waals surface area contributed by atoms with E-state index in [4.69, 9.17) is 9.84 Å². The highest BCUT2D eigenvalue weighted by atomic mass is 19.4. The summed E-state index contributed by atoms with van der Waals surface area (Å²) in [7, 11) is 0. The molecule has 1 heterocycles. The Hall–Kier alpha value is -2.51. The van der Waals surface area contributed by atoms with E-state index in [9.17, 15) is 22.8 Å². The molecule has 0 amide bonds. The molecule has 5 nitrogen and oxygen atoms in total. The van der Waals surface area contributed by atoms with E-state index < -0.39 is 29.8 Å². The lowest BCUT2D eigenvalue weighted by molar-refractivity contribution is -0.188. The lowest BCUT2D eigenvalue weighted by Gasteiger charge is -2.29. The van der Waals surface area contributed by atoms with Gasteiger partial charge in [0.15, 0.2) is 0 Å². The van der Waals surface area contributed by atoms with E-state index in [1.807, 2.05) is 0 Å². The number of carboxylic acid groups (broad SMARTS) is 1. The molecular formula is C15H13F3O5. The summed E-state index contributed by atoms with van der Waals surface area (Å²) in [5.41, 5.74) is -0.511. The Morgan fingerprint density at radius 1 is 1.35 bits per heavy atom. The highest BCUT2D eigenvalue weighted by molar-refractivity contribution is 5.97.